The topological polar surface area (TPSA) is 66.8 Å². The molecule has 0 aliphatic carbocycles. The first kappa shape index (κ1) is 15.3. The van der Waals surface area contributed by atoms with Crippen LogP contribution < -0.4 is 4.74 Å². The standard InChI is InChI=1S/C15H18FNO4/c1-21-11-3-4-12(13(16)8-11)15(20)17-7-6-10(9-17)2-5-14(18)19/h3-4,8,10H,2,5-7,9H2,1H3,(H,18,19). The van der Waals surface area contributed by atoms with E-state index in [1.807, 2.05) is 0 Å². The predicted molar refractivity (Wildman–Crippen MR) is 73.8 cm³/mol. The number of rotatable bonds is 5. The largest absolute Gasteiger partial charge is 0.497 e. The number of benzene rings is 1. The third-order valence-corrected chi connectivity index (χ3v) is 3.75. The third kappa shape index (κ3) is 3.71. The molecular formula is C15H18FNO4. The van der Waals surface area contributed by atoms with Crippen LogP contribution in [-0.4, -0.2) is 42.1 Å². The minimum Gasteiger partial charge on any atom is -0.497 e. The number of carbonyl (C=O) groups excluding carboxylic acids is 1. The number of carbonyl (C=O) groups is 2. The van der Waals surface area contributed by atoms with Gasteiger partial charge in [-0.3, -0.25) is 9.59 Å². The number of carboxylic acids is 1. The molecular weight excluding hydrogens is 277 g/mol. The Morgan fingerprint density at radius 1 is 1.48 bits per heavy atom. The molecule has 1 fully saturated rings. The molecule has 1 atom stereocenters. The van der Waals surface area contributed by atoms with E-state index in [9.17, 15) is 14.0 Å². The van der Waals surface area contributed by atoms with Gasteiger partial charge in [-0.15, -0.1) is 0 Å². The number of ether oxygens (including phenoxy) is 1. The molecule has 1 aliphatic heterocycles. The van der Waals surface area contributed by atoms with Gasteiger partial charge >= 0.3 is 5.97 Å². The van der Waals surface area contributed by atoms with Crippen LogP contribution in [0.15, 0.2) is 18.2 Å². The van der Waals surface area contributed by atoms with Crippen LogP contribution >= 0.6 is 0 Å². The number of carboxylic acid groups (broad SMARTS) is 1. The number of nitrogens with zero attached hydrogens (tertiary/aromatic N) is 1. The zero-order valence-corrected chi connectivity index (χ0v) is 11.8. The normalized spacial score (nSPS) is 17.8. The minimum atomic E-state index is -0.832. The highest BCUT2D eigenvalue weighted by Crippen LogP contribution is 2.24. The summed E-state index contributed by atoms with van der Waals surface area (Å²) in [6, 6.07) is 4.15. The Labute approximate surface area is 122 Å². The molecule has 114 valence electrons. The molecule has 1 aromatic rings. The summed E-state index contributed by atoms with van der Waals surface area (Å²) < 4.78 is 18.8. The van der Waals surface area contributed by atoms with Crippen LogP contribution in [0.2, 0.25) is 0 Å². The van der Waals surface area contributed by atoms with E-state index in [1.165, 1.54) is 19.2 Å². The molecule has 0 radical (unpaired) electrons. The molecule has 5 nitrogen and oxygen atoms in total. The van der Waals surface area contributed by atoms with E-state index < -0.39 is 11.8 Å². The Hall–Kier alpha value is -2.11. The molecule has 0 spiro atoms. The summed E-state index contributed by atoms with van der Waals surface area (Å²) in [6.45, 7) is 1.02. The number of amides is 1. The van der Waals surface area contributed by atoms with Crippen molar-refractivity contribution in [3.8, 4) is 5.75 Å². The first-order chi connectivity index (χ1) is 10.0. The first-order valence-electron chi connectivity index (χ1n) is 6.86. The second kappa shape index (κ2) is 6.56. The molecule has 1 unspecified atom stereocenters. The monoisotopic (exact) mass is 295 g/mol. The fourth-order valence-corrected chi connectivity index (χ4v) is 2.55. The van der Waals surface area contributed by atoms with Crippen molar-refractivity contribution in [3.05, 3.63) is 29.6 Å². The number of likely N-dealkylation sites (tertiary alicyclic amines) is 1. The lowest BCUT2D eigenvalue weighted by Gasteiger charge is -2.17. The van der Waals surface area contributed by atoms with Gasteiger partial charge in [-0.1, -0.05) is 0 Å². The van der Waals surface area contributed by atoms with Crippen LogP contribution in [0.3, 0.4) is 0 Å². The summed E-state index contributed by atoms with van der Waals surface area (Å²) in [5.74, 6) is -1.25. The molecule has 0 aromatic heterocycles. The molecule has 0 saturated carbocycles. The van der Waals surface area contributed by atoms with Crippen molar-refractivity contribution >= 4 is 11.9 Å². The average molecular weight is 295 g/mol. The van der Waals surface area contributed by atoms with Gasteiger partial charge in [-0.05, 0) is 30.9 Å². The van der Waals surface area contributed by atoms with E-state index in [-0.39, 0.29) is 23.8 Å². The molecule has 0 bridgehead atoms. The maximum Gasteiger partial charge on any atom is 0.303 e. The third-order valence-electron chi connectivity index (χ3n) is 3.75. The number of aliphatic carboxylic acids is 1. The van der Waals surface area contributed by atoms with E-state index in [2.05, 4.69) is 0 Å². The number of hydrogen-bond acceptors (Lipinski definition) is 3. The molecule has 1 aliphatic rings. The van der Waals surface area contributed by atoms with Crippen molar-refractivity contribution in [2.24, 2.45) is 5.92 Å². The highest BCUT2D eigenvalue weighted by atomic mass is 19.1. The van der Waals surface area contributed by atoms with Gasteiger partial charge in [-0.25, -0.2) is 4.39 Å². The lowest BCUT2D eigenvalue weighted by atomic mass is 10.0. The fraction of sp³-hybridized carbons (Fsp3) is 0.467. The van der Waals surface area contributed by atoms with Crippen molar-refractivity contribution < 1.29 is 23.8 Å². The summed E-state index contributed by atoms with van der Waals surface area (Å²) in [6.07, 6.45) is 1.41. The Bertz CT molecular complexity index is 546. The number of halogens is 1. The van der Waals surface area contributed by atoms with Crippen LogP contribution in [0.1, 0.15) is 29.6 Å². The molecule has 1 aromatic carbocycles. The summed E-state index contributed by atoms with van der Waals surface area (Å²) in [4.78, 5) is 24.4. The fourth-order valence-electron chi connectivity index (χ4n) is 2.55. The number of hydrogen-bond donors (Lipinski definition) is 1. The van der Waals surface area contributed by atoms with E-state index >= 15 is 0 Å². The molecule has 2 rings (SSSR count). The summed E-state index contributed by atoms with van der Waals surface area (Å²) >= 11 is 0. The minimum absolute atomic E-state index is 0.0229. The lowest BCUT2D eigenvalue weighted by molar-refractivity contribution is -0.137. The van der Waals surface area contributed by atoms with Crippen molar-refractivity contribution in [2.75, 3.05) is 20.2 Å². The SMILES string of the molecule is COc1ccc(C(=O)N2CCC(CCC(=O)O)C2)c(F)c1. The number of methoxy groups -OCH3 is 1. The second-order valence-electron chi connectivity index (χ2n) is 5.18. The van der Waals surface area contributed by atoms with Gasteiger partial charge < -0.3 is 14.7 Å². The zero-order chi connectivity index (χ0) is 15.4. The molecule has 21 heavy (non-hydrogen) atoms. The molecule has 1 heterocycles. The van der Waals surface area contributed by atoms with Crippen LogP contribution in [0, 0.1) is 11.7 Å². The van der Waals surface area contributed by atoms with E-state index in [1.54, 1.807) is 11.0 Å². The Balaban J connectivity index is 1.99. The Morgan fingerprint density at radius 2 is 2.24 bits per heavy atom. The maximum absolute atomic E-state index is 13.9. The van der Waals surface area contributed by atoms with Crippen molar-refractivity contribution in [1.29, 1.82) is 0 Å². The van der Waals surface area contributed by atoms with Crippen LogP contribution in [0.4, 0.5) is 4.39 Å². The van der Waals surface area contributed by atoms with Crippen LogP contribution in [-0.2, 0) is 4.79 Å². The van der Waals surface area contributed by atoms with Gasteiger partial charge in [0.2, 0.25) is 0 Å². The van der Waals surface area contributed by atoms with Crippen molar-refractivity contribution in [1.82, 2.24) is 4.90 Å². The Kier molecular flexibility index (Phi) is 4.77. The van der Waals surface area contributed by atoms with Crippen LogP contribution in [0.5, 0.6) is 5.75 Å². The molecule has 1 amide bonds. The highest BCUT2D eigenvalue weighted by Gasteiger charge is 2.28. The molecule has 1 N–H and O–H groups in total. The van der Waals surface area contributed by atoms with Gasteiger partial charge in [0.05, 0.1) is 12.7 Å². The molecule has 1 saturated heterocycles. The Morgan fingerprint density at radius 3 is 2.86 bits per heavy atom. The summed E-state index contributed by atoms with van der Waals surface area (Å²) in [5.41, 5.74) is 0.0229. The predicted octanol–water partition coefficient (Wildman–Crippen LogP) is 2.16. The van der Waals surface area contributed by atoms with E-state index in [4.69, 9.17) is 9.84 Å². The zero-order valence-electron chi connectivity index (χ0n) is 11.8. The van der Waals surface area contributed by atoms with Crippen molar-refractivity contribution in [3.63, 3.8) is 0 Å². The van der Waals surface area contributed by atoms with Gasteiger partial charge in [0.1, 0.15) is 11.6 Å². The van der Waals surface area contributed by atoms with Crippen molar-refractivity contribution in [2.45, 2.75) is 19.3 Å². The first-order valence-corrected chi connectivity index (χ1v) is 6.86. The summed E-state index contributed by atoms with van der Waals surface area (Å²) in [5, 5.41) is 8.67. The maximum atomic E-state index is 13.9. The van der Waals surface area contributed by atoms with E-state index in [0.29, 0.717) is 25.3 Å². The lowest BCUT2D eigenvalue weighted by Crippen LogP contribution is -2.29. The summed E-state index contributed by atoms with van der Waals surface area (Å²) in [7, 11) is 1.43. The van der Waals surface area contributed by atoms with Crippen LogP contribution in [0.25, 0.3) is 0 Å². The second-order valence-corrected chi connectivity index (χ2v) is 5.18. The quantitative estimate of drug-likeness (QED) is 0.904. The van der Waals surface area contributed by atoms with Gasteiger partial charge in [-0.2, -0.15) is 0 Å². The highest BCUT2D eigenvalue weighted by molar-refractivity contribution is 5.94. The molecule has 6 heteroatoms. The smallest absolute Gasteiger partial charge is 0.303 e. The van der Waals surface area contributed by atoms with Gasteiger partial charge in [0.15, 0.2) is 0 Å². The van der Waals surface area contributed by atoms with E-state index in [0.717, 1.165) is 6.42 Å². The van der Waals surface area contributed by atoms with Gasteiger partial charge in [0, 0.05) is 25.6 Å². The van der Waals surface area contributed by atoms with Gasteiger partial charge in [0.25, 0.3) is 5.91 Å². The average Bonchev–Trinajstić information content (AvgIpc) is 2.93.